The summed E-state index contributed by atoms with van der Waals surface area (Å²) in [4.78, 5) is 43.8. The number of rotatable bonds is 7. The van der Waals surface area contributed by atoms with Crippen LogP contribution >= 0.6 is 0 Å². The first-order valence-electron chi connectivity index (χ1n) is 10.8. The smallest absolute Gasteiger partial charge is 0.263 e. The maximum atomic E-state index is 13.0. The van der Waals surface area contributed by atoms with Crippen molar-refractivity contribution in [2.45, 2.75) is 38.8 Å². The van der Waals surface area contributed by atoms with E-state index in [0.717, 1.165) is 16.7 Å². The Balaban J connectivity index is 1.53. The van der Waals surface area contributed by atoms with E-state index >= 15 is 0 Å². The van der Waals surface area contributed by atoms with Gasteiger partial charge in [-0.15, -0.1) is 0 Å². The van der Waals surface area contributed by atoms with Crippen molar-refractivity contribution in [2.75, 3.05) is 6.54 Å². The Bertz CT molecular complexity index is 1170. The summed E-state index contributed by atoms with van der Waals surface area (Å²) >= 11 is 0. The zero-order chi connectivity index (χ0) is 22.5. The average molecular weight is 431 g/mol. The predicted molar refractivity (Wildman–Crippen MR) is 121 cm³/mol. The van der Waals surface area contributed by atoms with E-state index in [-0.39, 0.29) is 17.0 Å². The molecule has 32 heavy (non-hydrogen) atoms. The SMILES string of the molecule is NC(=O)c1c2c(cn(CCc3ccccc3)c1=O)CN(C(=O)CCc1cccnc1)CC2. The third kappa shape index (κ3) is 4.77. The Morgan fingerprint density at radius 3 is 2.53 bits per heavy atom. The second-order valence-electron chi connectivity index (χ2n) is 8.03. The largest absolute Gasteiger partial charge is 0.365 e. The number of primary amides is 1. The van der Waals surface area contributed by atoms with Gasteiger partial charge in [0, 0.05) is 44.6 Å². The summed E-state index contributed by atoms with van der Waals surface area (Å²) in [5.41, 5.74) is 8.89. The van der Waals surface area contributed by atoms with Gasteiger partial charge in [0.15, 0.2) is 0 Å². The van der Waals surface area contributed by atoms with Crippen molar-refractivity contribution in [3.8, 4) is 0 Å². The van der Waals surface area contributed by atoms with Gasteiger partial charge in [0.1, 0.15) is 5.56 Å². The van der Waals surface area contributed by atoms with E-state index in [9.17, 15) is 14.4 Å². The fourth-order valence-corrected chi connectivity index (χ4v) is 4.19. The molecule has 3 aromatic rings. The number of carbonyl (C=O) groups is 2. The maximum Gasteiger partial charge on any atom is 0.263 e. The number of nitrogens with two attached hydrogens (primary N) is 1. The minimum atomic E-state index is -0.711. The molecule has 1 aliphatic heterocycles. The molecule has 2 N–H and O–H groups in total. The highest BCUT2D eigenvalue weighted by Crippen LogP contribution is 2.22. The second kappa shape index (κ2) is 9.60. The lowest BCUT2D eigenvalue weighted by Gasteiger charge is -2.30. The second-order valence-corrected chi connectivity index (χ2v) is 8.03. The van der Waals surface area contributed by atoms with Crippen LogP contribution in [0.25, 0.3) is 0 Å². The highest BCUT2D eigenvalue weighted by Gasteiger charge is 2.27. The van der Waals surface area contributed by atoms with Gasteiger partial charge >= 0.3 is 0 Å². The van der Waals surface area contributed by atoms with Crippen LogP contribution in [-0.4, -0.2) is 32.8 Å². The first-order chi connectivity index (χ1) is 15.5. The quantitative estimate of drug-likeness (QED) is 0.621. The Morgan fingerprint density at radius 1 is 1.03 bits per heavy atom. The van der Waals surface area contributed by atoms with Crippen molar-refractivity contribution < 1.29 is 9.59 Å². The molecule has 0 spiro atoms. The average Bonchev–Trinajstić information content (AvgIpc) is 2.82. The zero-order valence-electron chi connectivity index (χ0n) is 17.9. The Morgan fingerprint density at radius 2 is 1.81 bits per heavy atom. The van der Waals surface area contributed by atoms with E-state index in [1.54, 1.807) is 28.1 Å². The molecule has 1 aliphatic rings. The van der Waals surface area contributed by atoms with E-state index in [1.807, 2.05) is 42.5 Å². The number of aryl methyl sites for hydroxylation is 3. The summed E-state index contributed by atoms with van der Waals surface area (Å²) in [7, 11) is 0. The summed E-state index contributed by atoms with van der Waals surface area (Å²) in [6, 6.07) is 13.7. The summed E-state index contributed by atoms with van der Waals surface area (Å²) < 4.78 is 1.55. The molecule has 2 aromatic heterocycles. The van der Waals surface area contributed by atoms with Crippen LogP contribution in [0.5, 0.6) is 0 Å². The number of fused-ring (bicyclic) bond motifs is 1. The molecule has 4 rings (SSSR count). The summed E-state index contributed by atoms with van der Waals surface area (Å²) in [5.74, 6) is -0.668. The molecule has 0 bridgehead atoms. The fraction of sp³-hybridized carbons (Fsp3) is 0.280. The van der Waals surface area contributed by atoms with Gasteiger partial charge in [-0.25, -0.2) is 0 Å². The lowest BCUT2D eigenvalue weighted by molar-refractivity contribution is -0.132. The molecule has 0 unspecified atom stereocenters. The van der Waals surface area contributed by atoms with Gasteiger partial charge in [-0.2, -0.15) is 0 Å². The van der Waals surface area contributed by atoms with Gasteiger partial charge in [-0.1, -0.05) is 36.4 Å². The summed E-state index contributed by atoms with van der Waals surface area (Å²) in [6.07, 6.45) is 7.38. The maximum absolute atomic E-state index is 13.0. The van der Waals surface area contributed by atoms with Crippen LogP contribution in [0, 0.1) is 0 Å². The Labute approximate surface area is 186 Å². The predicted octanol–water partition coefficient (Wildman–Crippen LogP) is 2.10. The van der Waals surface area contributed by atoms with Crippen LogP contribution in [0.15, 0.2) is 65.8 Å². The van der Waals surface area contributed by atoms with Crippen molar-refractivity contribution in [3.05, 3.63) is 99.2 Å². The van der Waals surface area contributed by atoms with Gasteiger partial charge in [-0.3, -0.25) is 19.4 Å². The molecule has 7 nitrogen and oxygen atoms in total. The van der Waals surface area contributed by atoms with E-state index in [1.165, 1.54) is 0 Å². The first-order valence-corrected chi connectivity index (χ1v) is 10.8. The molecule has 0 radical (unpaired) electrons. The number of pyridine rings is 2. The number of carbonyl (C=O) groups excluding carboxylic acids is 2. The number of aromatic nitrogens is 2. The number of hydrogen-bond donors (Lipinski definition) is 1. The van der Waals surface area contributed by atoms with Crippen molar-refractivity contribution in [1.29, 1.82) is 0 Å². The Hall–Kier alpha value is -3.74. The molecular formula is C25H26N4O3. The highest BCUT2D eigenvalue weighted by atomic mass is 16.2. The molecule has 0 saturated carbocycles. The van der Waals surface area contributed by atoms with Crippen molar-refractivity contribution in [1.82, 2.24) is 14.5 Å². The molecule has 3 heterocycles. The van der Waals surface area contributed by atoms with Crippen LogP contribution in [-0.2, 0) is 37.1 Å². The molecule has 0 saturated heterocycles. The van der Waals surface area contributed by atoms with Gasteiger partial charge in [0.25, 0.3) is 11.5 Å². The molecule has 0 fully saturated rings. The third-order valence-electron chi connectivity index (χ3n) is 5.90. The zero-order valence-corrected chi connectivity index (χ0v) is 17.9. The topological polar surface area (TPSA) is 98.3 Å². The van der Waals surface area contributed by atoms with Crippen LogP contribution in [0.2, 0.25) is 0 Å². The molecule has 0 atom stereocenters. The van der Waals surface area contributed by atoms with E-state index in [4.69, 9.17) is 5.73 Å². The number of nitrogens with zero attached hydrogens (tertiary/aromatic N) is 3. The lowest BCUT2D eigenvalue weighted by atomic mass is 9.95. The molecule has 164 valence electrons. The number of benzene rings is 1. The van der Waals surface area contributed by atoms with Crippen LogP contribution in [0.4, 0.5) is 0 Å². The highest BCUT2D eigenvalue weighted by molar-refractivity contribution is 5.94. The van der Waals surface area contributed by atoms with Crippen molar-refractivity contribution >= 4 is 11.8 Å². The van der Waals surface area contributed by atoms with Gasteiger partial charge in [0.05, 0.1) is 0 Å². The van der Waals surface area contributed by atoms with Gasteiger partial charge in [0.2, 0.25) is 5.91 Å². The standard InChI is InChI=1S/C25H26N4O3/c26-24(31)23-21-11-14-28(22(30)9-8-19-7-4-12-27-15-19)16-20(21)17-29(25(23)32)13-10-18-5-2-1-3-6-18/h1-7,12,15,17H,8-11,13-14,16H2,(H2,26,31). The van der Waals surface area contributed by atoms with Crippen LogP contribution in [0.3, 0.4) is 0 Å². The molecule has 2 amide bonds. The molecule has 1 aromatic carbocycles. The van der Waals surface area contributed by atoms with Gasteiger partial charge < -0.3 is 15.2 Å². The minimum Gasteiger partial charge on any atom is -0.365 e. The van der Waals surface area contributed by atoms with E-state index in [2.05, 4.69) is 4.98 Å². The van der Waals surface area contributed by atoms with E-state index in [0.29, 0.717) is 50.9 Å². The minimum absolute atomic E-state index is 0.0437. The third-order valence-corrected chi connectivity index (χ3v) is 5.90. The normalized spacial score (nSPS) is 12.9. The molecule has 7 heteroatoms. The van der Waals surface area contributed by atoms with Crippen LogP contribution in [0.1, 0.15) is 39.0 Å². The summed E-state index contributed by atoms with van der Waals surface area (Å²) in [5, 5.41) is 0. The van der Waals surface area contributed by atoms with E-state index < -0.39 is 5.91 Å². The number of amides is 2. The first kappa shape index (κ1) is 21.5. The molecular weight excluding hydrogens is 404 g/mol. The Kier molecular flexibility index (Phi) is 6.44. The lowest BCUT2D eigenvalue weighted by Crippen LogP contribution is -2.40. The van der Waals surface area contributed by atoms with Crippen molar-refractivity contribution in [3.63, 3.8) is 0 Å². The monoisotopic (exact) mass is 430 g/mol. The van der Waals surface area contributed by atoms with Crippen LogP contribution < -0.4 is 11.3 Å². The fourth-order valence-electron chi connectivity index (χ4n) is 4.19. The van der Waals surface area contributed by atoms with Crippen molar-refractivity contribution in [2.24, 2.45) is 5.73 Å². The summed E-state index contributed by atoms with van der Waals surface area (Å²) in [6.45, 7) is 1.27. The number of hydrogen-bond acceptors (Lipinski definition) is 4. The molecule has 0 aliphatic carbocycles. The van der Waals surface area contributed by atoms with Gasteiger partial charge in [-0.05, 0) is 47.6 Å².